The maximum atomic E-state index is 12.7. The maximum Gasteiger partial charge on any atom is 0.416 e. The van der Waals surface area contributed by atoms with Gasteiger partial charge in [0.05, 0.1) is 5.56 Å². The second-order valence-electron chi connectivity index (χ2n) is 6.22. The van der Waals surface area contributed by atoms with Crippen molar-refractivity contribution in [3.8, 4) is 0 Å². The molecule has 0 heterocycles. The topological polar surface area (TPSA) is 12.0 Å². The molecule has 0 aliphatic rings. The summed E-state index contributed by atoms with van der Waals surface area (Å²) in [5.41, 5.74) is 1.12. The van der Waals surface area contributed by atoms with E-state index in [1.807, 2.05) is 24.3 Å². The molecule has 0 bridgehead atoms. The van der Waals surface area contributed by atoms with Gasteiger partial charge in [0.2, 0.25) is 0 Å². The van der Waals surface area contributed by atoms with Crippen LogP contribution in [0.4, 0.5) is 13.2 Å². The molecule has 1 N–H and O–H groups in total. The van der Waals surface area contributed by atoms with Gasteiger partial charge in [0.25, 0.3) is 0 Å². The van der Waals surface area contributed by atoms with Crippen LogP contribution in [-0.4, -0.2) is 6.54 Å². The van der Waals surface area contributed by atoms with Crippen molar-refractivity contribution in [2.24, 2.45) is 0 Å². The van der Waals surface area contributed by atoms with Crippen molar-refractivity contribution in [2.75, 3.05) is 6.54 Å². The lowest BCUT2D eigenvalue weighted by Gasteiger charge is -2.15. The monoisotopic (exact) mass is 391 g/mol. The summed E-state index contributed by atoms with van der Waals surface area (Å²) < 4.78 is 38.2. The summed E-state index contributed by atoms with van der Waals surface area (Å²) in [6.07, 6.45) is -0.764. The second kappa shape index (κ2) is 9.07. The minimum atomic E-state index is -4.31. The minimum absolute atomic E-state index is 0. The number of hydrogen-bond donors (Lipinski definition) is 1. The van der Waals surface area contributed by atoms with E-state index < -0.39 is 11.7 Å². The Labute approximate surface area is 163 Å². The van der Waals surface area contributed by atoms with Crippen LogP contribution in [-0.2, 0) is 6.18 Å². The van der Waals surface area contributed by atoms with Crippen molar-refractivity contribution in [1.82, 2.24) is 5.32 Å². The highest BCUT2D eigenvalue weighted by molar-refractivity contribution is 5.86. The average Bonchev–Trinajstić information content (AvgIpc) is 2.64. The van der Waals surface area contributed by atoms with E-state index in [0.717, 1.165) is 12.1 Å². The van der Waals surface area contributed by atoms with Crippen molar-refractivity contribution in [1.29, 1.82) is 0 Å². The molecule has 27 heavy (non-hydrogen) atoms. The van der Waals surface area contributed by atoms with Gasteiger partial charge in [0, 0.05) is 12.6 Å². The van der Waals surface area contributed by atoms with Crippen LogP contribution < -0.4 is 5.32 Å². The van der Waals surface area contributed by atoms with Crippen molar-refractivity contribution in [2.45, 2.75) is 19.1 Å². The zero-order chi connectivity index (χ0) is 18.6. The number of hydrogen-bond acceptors (Lipinski definition) is 1. The molecule has 1 nitrogen and oxygen atoms in total. The van der Waals surface area contributed by atoms with Crippen LogP contribution in [0.25, 0.3) is 16.8 Å². The van der Waals surface area contributed by atoms with Crippen LogP contribution in [0.15, 0.2) is 72.8 Å². The van der Waals surface area contributed by atoms with Gasteiger partial charge in [0.15, 0.2) is 0 Å². The smallest absolute Gasteiger partial charge is 0.307 e. The molecule has 1 unspecified atom stereocenters. The van der Waals surface area contributed by atoms with Crippen LogP contribution in [0.3, 0.4) is 0 Å². The van der Waals surface area contributed by atoms with Gasteiger partial charge in [-0.1, -0.05) is 66.7 Å². The fourth-order valence-electron chi connectivity index (χ4n) is 3.00. The third-order valence-corrected chi connectivity index (χ3v) is 4.36. The molecule has 1 atom stereocenters. The Morgan fingerprint density at radius 2 is 1.67 bits per heavy atom. The molecule has 0 aliphatic heterocycles. The molecule has 0 saturated heterocycles. The molecule has 5 heteroatoms. The molecule has 3 aromatic carbocycles. The SMILES string of the molecule is CC(NCC=Cc1cccc(C(F)(F)F)c1)c1cccc2ccccc12.Cl. The Balaban J connectivity index is 0.00000261. The summed E-state index contributed by atoms with van der Waals surface area (Å²) in [5, 5.41) is 5.80. The number of nitrogens with one attached hydrogen (secondary N) is 1. The molecule has 0 amide bonds. The van der Waals surface area contributed by atoms with E-state index in [9.17, 15) is 13.2 Å². The first-order chi connectivity index (χ1) is 12.4. The Bertz CT molecular complexity index is 913. The highest BCUT2D eigenvalue weighted by Gasteiger charge is 2.30. The first-order valence-corrected chi connectivity index (χ1v) is 8.50. The molecule has 0 fully saturated rings. The Kier molecular flexibility index (Phi) is 7.05. The van der Waals surface area contributed by atoms with Gasteiger partial charge < -0.3 is 5.32 Å². The van der Waals surface area contributed by atoms with Crippen LogP contribution >= 0.6 is 12.4 Å². The van der Waals surface area contributed by atoms with E-state index in [-0.39, 0.29) is 18.4 Å². The summed E-state index contributed by atoms with van der Waals surface area (Å²) in [7, 11) is 0. The predicted octanol–water partition coefficient (Wildman–Crippen LogP) is 6.64. The molecular formula is C22H21ClF3N. The lowest BCUT2D eigenvalue weighted by Crippen LogP contribution is -2.18. The molecule has 142 valence electrons. The third-order valence-electron chi connectivity index (χ3n) is 4.36. The van der Waals surface area contributed by atoms with E-state index in [2.05, 4.69) is 36.5 Å². The van der Waals surface area contributed by atoms with Gasteiger partial charge in [0.1, 0.15) is 0 Å². The van der Waals surface area contributed by atoms with E-state index in [4.69, 9.17) is 0 Å². The highest BCUT2D eigenvalue weighted by Crippen LogP contribution is 2.29. The minimum Gasteiger partial charge on any atom is -0.307 e. The molecule has 3 aromatic rings. The molecule has 0 radical (unpaired) electrons. The zero-order valence-corrected chi connectivity index (χ0v) is 15.6. The summed E-state index contributed by atoms with van der Waals surface area (Å²) in [4.78, 5) is 0. The second-order valence-corrected chi connectivity index (χ2v) is 6.22. The average molecular weight is 392 g/mol. The Morgan fingerprint density at radius 3 is 2.44 bits per heavy atom. The van der Waals surface area contributed by atoms with Gasteiger partial charge >= 0.3 is 6.18 Å². The van der Waals surface area contributed by atoms with E-state index in [1.165, 1.54) is 22.4 Å². The summed E-state index contributed by atoms with van der Waals surface area (Å²) in [5.74, 6) is 0. The van der Waals surface area contributed by atoms with Gasteiger partial charge in [-0.3, -0.25) is 0 Å². The fourth-order valence-corrected chi connectivity index (χ4v) is 3.00. The molecule has 0 aromatic heterocycles. The predicted molar refractivity (Wildman–Crippen MR) is 108 cm³/mol. The molecule has 0 saturated carbocycles. The van der Waals surface area contributed by atoms with Crippen molar-refractivity contribution in [3.63, 3.8) is 0 Å². The Hall–Kier alpha value is -2.30. The largest absolute Gasteiger partial charge is 0.416 e. The van der Waals surface area contributed by atoms with Gasteiger partial charge in [-0.2, -0.15) is 13.2 Å². The number of halogens is 4. The summed E-state index contributed by atoms with van der Waals surface area (Å²) >= 11 is 0. The molecule has 0 spiro atoms. The standard InChI is InChI=1S/C22H20F3N.ClH/c1-16(20-13-5-10-18-9-2-3-12-21(18)20)26-14-6-8-17-7-4-11-19(15-17)22(23,24)25;/h2-13,15-16,26H,14H2,1H3;1H. The molecular weight excluding hydrogens is 371 g/mol. The normalized spacial score (nSPS) is 12.9. The van der Waals surface area contributed by atoms with E-state index in [0.29, 0.717) is 12.1 Å². The van der Waals surface area contributed by atoms with Crippen LogP contribution in [0.2, 0.25) is 0 Å². The highest BCUT2D eigenvalue weighted by atomic mass is 35.5. The summed E-state index contributed by atoms with van der Waals surface area (Å²) in [6, 6.07) is 19.9. The van der Waals surface area contributed by atoms with E-state index in [1.54, 1.807) is 12.1 Å². The number of alkyl halides is 3. The first kappa shape index (κ1) is 21.0. The van der Waals surface area contributed by atoms with Crippen LogP contribution in [0, 0.1) is 0 Å². The van der Waals surface area contributed by atoms with Gasteiger partial charge in [-0.05, 0) is 41.0 Å². The zero-order valence-electron chi connectivity index (χ0n) is 14.8. The fraction of sp³-hybridized carbons (Fsp3) is 0.182. The van der Waals surface area contributed by atoms with Gasteiger partial charge in [-0.15, -0.1) is 12.4 Å². The summed E-state index contributed by atoms with van der Waals surface area (Å²) in [6.45, 7) is 2.65. The Morgan fingerprint density at radius 1 is 0.963 bits per heavy atom. The quantitative estimate of drug-likeness (QED) is 0.513. The third kappa shape index (κ3) is 5.34. The van der Waals surface area contributed by atoms with Gasteiger partial charge in [-0.25, -0.2) is 0 Å². The number of fused-ring (bicyclic) bond motifs is 1. The maximum absolute atomic E-state index is 12.7. The first-order valence-electron chi connectivity index (χ1n) is 8.50. The van der Waals surface area contributed by atoms with Crippen molar-refractivity contribution < 1.29 is 13.2 Å². The lowest BCUT2D eigenvalue weighted by molar-refractivity contribution is -0.137. The van der Waals surface area contributed by atoms with Crippen LogP contribution in [0.5, 0.6) is 0 Å². The molecule has 3 rings (SSSR count). The number of rotatable bonds is 5. The number of benzene rings is 3. The van der Waals surface area contributed by atoms with Crippen LogP contribution in [0.1, 0.15) is 29.7 Å². The van der Waals surface area contributed by atoms with E-state index >= 15 is 0 Å². The molecule has 0 aliphatic carbocycles. The lowest BCUT2D eigenvalue weighted by atomic mass is 10.00. The van der Waals surface area contributed by atoms with Crippen molar-refractivity contribution >= 4 is 29.3 Å². The van der Waals surface area contributed by atoms with Crippen molar-refractivity contribution in [3.05, 3.63) is 89.5 Å².